The van der Waals surface area contributed by atoms with Crippen molar-refractivity contribution < 1.29 is 4.52 Å². The first-order valence-electron chi connectivity index (χ1n) is 3.24. The molecule has 0 amide bonds. The van der Waals surface area contributed by atoms with Gasteiger partial charge in [-0.15, -0.1) is 0 Å². The summed E-state index contributed by atoms with van der Waals surface area (Å²) in [5.41, 5.74) is 0.927. The molecule has 1 aromatic rings. The SMILES string of the molecule is CC(C)(C)c1noc(Cl)c1I. The highest BCUT2D eigenvalue weighted by molar-refractivity contribution is 14.1. The van der Waals surface area contributed by atoms with E-state index >= 15 is 0 Å². The van der Waals surface area contributed by atoms with Gasteiger partial charge in [-0.3, -0.25) is 0 Å². The Morgan fingerprint density at radius 3 is 2.18 bits per heavy atom. The lowest BCUT2D eigenvalue weighted by molar-refractivity contribution is 0.394. The van der Waals surface area contributed by atoms with Gasteiger partial charge in [0, 0.05) is 5.41 Å². The average molecular weight is 286 g/mol. The monoisotopic (exact) mass is 285 g/mol. The maximum atomic E-state index is 5.70. The number of halogens is 2. The third kappa shape index (κ3) is 1.87. The summed E-state index contributed by atoms with van der Waals surface area (Å²) >= 11 is 7.84. The van der Waals surface area contributed by atoms with Crippen LogP contribution >= 0.6 is 34.2 Å². The molecule has 0 saturated heterocycles. The third-order valence-electron chi connectivity index (χ3n) is 1.31. The van der Waals surface area contributed by atoms with E-state index in [1.165, 1.54) is 0 Å². The maximum absolute atomic E-state index is 5.70. The predicted molar refractivity (Wildman–Crippen MR) is 52.9 cm³/mol. The largest absolute Gasteiger partial charge is 0.343 e. The average Bonchev–Trinajstić information content (AvgIpc) is 2.11. The zero-order chi connectivity index (χ0) is 8.65. The minimum atomic E-state index is 0.00711. The van der Waals surface area contributed by atoms with Crippen molar-refractivity contribution >= 4 is 34.2 Å². The molecular weight excluding hydrogens is 276 g/mol. The molecule has 0 aliphatic carbocycles. The van der Waals surface area contributed by atoms with Crippen molar-refractivity contribution in [1.29, 1.82) is 0 Å². The highest BCUT2D eigenvalue weighted by Crippen LogP contribution is 2.30. The van der Waals surface area contributed by atoms with E-state index in [4.69, 9.17) is 16.1 Å². The summed E-state index contributed by atoms with van der Waals surface area (Å²) < 4.78 is 5.74. The van der Waals surface area contributed by atoms with E-state index in [-0.39, 0.29) is 5.41 Å². The molecule has 0 aliphatic rings. The quantitative estimate of drug-likeness (QED) is 0.684. The third-order valence-corrected chi connectivity index (χ3v) is 2.89. The van der Waals surface area contributed by atoms with Gasteiger partial charge in [0.1, 0.15) is 5.69 Å². The smallest absolute Gasteiger partial charge is 0.239 e. The number of hydrogen-bond acceptors (Lipinski definition) is 2. The van der Waals surface area contributed by atoms with Gasteiger partial charge in [-0.2, -0.15) is 0 Å². The van der Waals surface area contributed by atoms with Gasteiger partial charge in [-0.25, -0.2) is 0 Å². The molecule has 0 saturated carbocycles. The normalized spacial score (nSPS) is 12.1. The molecule has 1 aromatic heterocycles. The molecule has 0 radical (unpaired) electrons. The molecule has 0 unspecified atom stereocenters. The number of hydrogen-bond donors (Lipinski definition) is 0. The van der Waals surface area contributed by atoms with E-state index in [0.29, 0.717) is 5.22 Å². The van der Waals surface area contributed by atoms with Crippen molar-refractivity contribution in [3.8, 4) is 0 Å². The predicted octanol–water partition coefficient (Wildman–Crippen LogP) is 3.23. The van der Waals surface area contributed by atoms with Gasteiger partial charge in [0.25, 0.3) is 0 Å². The Balaban J connectivity index is 3.15. The topological polar surface area (TPSA) is 26.0 Å². The molecule has 11 heavy (non-hydrogen) atoms. The molecule has 0 N–H and O–H groups in total. The Morgan fingerprint density at radius 1 is 1.45 bits per heavy atom. The van der Waals surface area contributed by atoms with Crippen LogP contribution in [0, 0.1) is 3.57 Å². The molecule has 0 atom stereocenters. The summed E-state index contributed by atoms with van der Waals surface area (Å²) in [7, 11) is 0. The first kappa shape index (κ1) is 9.32. The van der Waals surface area contributed by atoms with E-state index < -0.39 is 0 Å². The van der Waals surface area contributed by atoms with Crippen LogP contribution in [-0.2, 0) is 5.41 Å². The minimum Gasteiger partial charge on any atom is -0.343 e. The number of aromatic nitrogens is 1. The van der Waals surface area contributed by atoms with E-state index in [0.717, 1.165) is 9.26 Å². The van der Waals surface area contributed by atoms with Crippen molar-refractivity contribution in [1.82, 2.24) is 5.16 Å². The van der Waals surface area contributed by atoms with Crippen LogP contribution < -0.4 is 0 Å². The highest BCUT2D eigenvalue weighted by atomic mass is 127. The molecule has 2 nitrogen and oxygen atoms in total. The number of rotatable bonds is 0. The minimum absolute atomic E-state index is 0.00711. The molecular formula is C7H9ClINO. The lowest BCUT2D eigenvalue weighted by atomic mass is 9.93. The second kappa shape index (κ2) is 2.94. The Kier molecular flexibility index (Phi) is 2.49. The van der Waals surface area contributed by atoms with Crippen LogP contribution in [0.15, 0.2) is 4.52 Å². The summed E-state index contributed by atoms with van der Waals surface area (Å²) in [6.45, 7) is 6.22. The number of nitrogens with zero attached hydrogens (tertiary/aromatic N) is 1. The van der Waals surface area contributed by atoms with Gasteiger partial charge in [0.2, 0.25) is 5.22 Å². The summed E-state index contributed by atoms with van der Waals surface area (Å²) in [4.78, 5) is 0. The summed E-state index contributed by atoms with van der Waals surface area (Å²) in [6, 6.07) is 0. The molecule has 0 bridgehead atoms. The van der Waals surface area contributed by atoms with E-state index in [2.05, 4.69) is 48.5 Å². The van der Waals surface area contributed by atoms with Gasteiger partial charge in [0.15, 0.2) is 0 Å². The second-order valence-electron chi connectivity index (χ2n) is 3.37. The molecule has 0 aromatic carbocycles. The van der Waals surface area contributed by atoms with Crippen molar-refractivity contribution in [2.24, 2.45) is 0 Å². The first-order chi connectivity index (χ1) is 4.93. The van der Waals surface area contributed by atoms with Crippen molar-refractivity contribution in [2.45, 2.75) is 26.2 Å². The molecule has 1 heterocycles. The fourth-order valence-electron chi connectivity index (χ4n) is 0.725. The molecule has 4 heteroatoms. The lowest BCUT2D eigenvalue weighted by Gasteiger charge is -2.13. The van der Waals surface area contributed by atoms with Crippen LogP contribution in [0.1, 0.15) is 26.5 Å². The fourth-order valence-corrected chi connectivity index (χ4v) is 1.86. The van der Waals surface area contributed by atoms with Crippen LogP contribution in [0.3, 0.4) is 0 Å². The zero-order valence-corrected chi connectivity index (χ0v) is 9.52. The summed E-state index contributed by atoms with van der Waals surface area (Å²) in [6.07, 6.45) is 0. The van der Waals surface area contributed by atoms with Crippen molar-refractivity contribution in [3.05, 3.63) is 14.5 Å². The second-order valence-corrected chi connectivity index (χ2v) is 4.79. The van der Waals surface area contributed by atoms with Crippen molar-refractivity contribution in [2.75, 3.05) is 0 Å². The Morgan fingerprint density at radius 2 is 2.00 bits per heavy atom. The van der Waals surface area contributed by atoms with Crippen LogP contribution in [0.2, 0.25) is 5.22 Å². The first-order valence-corrected chi connectivity index (χ1v) is 4.69. The van der Waals surface area contributed by atoms with Crippen LogP contribution in [0.5, 0.6) is 0 Å². The molecule has 0 fully saturated rings. The van der Waals surface area contributed by atoms with Crippen LogP contribution in [0.25, 0.3) is 0 Å². The van der Waals surface area contributed by atoms with Gasteiger partial charge >= 0.3 is 0 Å². The van der Waals surface area contributed by atoms with Crippen LogP contribution in [-0.4, -0.2) is 5.16 Å². The molecule has 1 rings (SSSR count). The zero-order valence-electron chi connectivity index (χ0n) is 6.61. The van der Waals surface area contributed by atoms with E-state index in [1.54, 1.807) is 0 Å². The fraction of sp³-hybridized carbons (Fsp3) is 0.571. The lowest BCUT2D eigenvalue weighted by Crippen LogP contribution is -2.12. The van der Waals surface area contributed by atoms with Gasteiger partial charge in [-0.1, -0.05) is 25.9 Å². The van der Waals surface area contributed by atoms with E-state index in [1.807, 2.05) is 0 Å². The Hall–Kier alpha value is 0.230. The van der Waals surface area contributed by atoms with Crippen molar-refractivity contribution in [3.63, 3.8) is 0 Å². The van der Waals surface area contributed by atoms with Gasteiger partial charge in [0.05, 0.1) is 3.57 Å². The highest BCUT2D eigenvalue weighted by Gasteiger charge is 2.23. The molecule has 0 aliphatic heterocycles. The molecule has 0 spiro atoms. The van der Waals surface area contributed by atoms with Gasteiger partial charge < -0.3 is 4.52 Å². The maximum Gasteiger partial charge on any atom is 0.239 e. The Labute approximate surface area is 84.4 Å². The summed E-state index contributed by atoms with van der Waals surface area (Å²) in [5, 5.41) is 4.26. The van der Waals surface area contributed by atoms with Crippen LogP contribution in [0.4, 0.5) is 0 Å². The summed E-state index contributed by atoms with van der Waals surface area (Å²) in [5.74, 6) is 0. The van der Waals surface area contributed by atoms with Gasteiger partial charge in [-0.05, 0) is 34.2 Å². The Bertz CT molecular complexity index is 264. The standard InChI is InChI=1S/C7H9ClINO/c1-7(2,3)5-4(9)6(8)11-10-5/h1-3H3. The molecule has 62 valence electrons. The van der Waals surface area contributed by atoms with E-state index in [9.17, 15) is 0 Å².